The number of amides is 2. The SMILES string of the molecule is CCCNC(=O)CN(C)C(=O)[C@@H](N)Cc1ccccc1. The van der Waals surface area contributed by atoms with E-state index in [2.05, 4.69) is 5.32 Å². The van der Waals surface area contributed by atoms with Crippen molar-refractivity contribution in [1.82, 2.24) is 10.2 Å². The molecule has 0 saturated carbocycles. The molecule has 0 aliphatic carbocycles. The summed E-state index contributed by atoms with van der Waals surface area (Å²) in [6, 6.07) is 8.98. The van der Waals surface area contributed by atoms with Gasteiger partial charge in [-0.25, -0.2) is 0 Å². The fourth-order valence-electron chi connectivity index (χ4n) is 1.85. The molecule has 0 radical (unpaired) electrons. The minimum atomic E-state index is -0.624. The van der Waals surface area contributed by atoms with E-state index >= 15 is 0 Å². The molecule has 1 aromatic carbocycles. The van der Waals surface area contributed by atoms with Crippen LogP contribution < -0.4 is 11.1 Å². The Labute approximate surface area is 120 Å². The Hall–Kier alpha value is -1.88. The van der Waals surface area contributed by atoms with Crippen molar-refractivity contribution in [2.75, 3.05) is 20.1 Å². The third-order valence-electron chi connectivity index (χ3n) is 2.94. The fourth-order valence-corrected chi connectivity index (χ4v) is 1.85. The zero-order valence-corrected chi connectivity index (χ0v) is 12.1. The number of likely N-dealkylation sites (N-methyl/N-ethyl adjacent to an activating group) is 1. The van der Waals surface area contributed by atoms with Gasteiger partial charge in [0.05, 0.1) is 12.6 Å². The first kappa shape index (κ1) is 16.2. The number of hydrogen-bond acceptors (Lipinski definition) is 3. The van der Waals surface area contributed by atoms with Crippen LogP contribution in [0.5, 0.6) is 0 Å². The van der Waals surface area contributed by atoms with Crippen molar-refractivity contribution >= 4 is 11.8 Å². The van der Waals surface area contributed by atoms with E-state index < -0.39 is 6.04 Å². The van der Waals surface area contributed by atoms with Crippen LogP contribution in [0.25, 0.3) is 0 Å². The highest BCUT2D eigenvalue weighted by molar-refractivity contribution is 5.87. The molecule has 5 nitrogen and oxygen atoms in total. The predicted octanol–water partition coefficient (Wildman–Crippen LogP) is 0.541. The van der Waals surface area contributed by atoms with Gasteiger partial charge in [-0.2, -0.15) is 0 Å². The van der Waals surface area contributed by atoms with Gasteiger partial charge in [-0.1, -0.05) is 37.3 Å². The maximum absolute atomic E-state index is 12.1. The molecule has 1 rings (SSSR count). The largest absolute Gasteiger partial charge is 0.355 e. The average Bonchev–Trinajstić information content (AvgIpc) is 2.45. The number of carbonyl (C=O) groups is 2. The van der Waals surface area contributed by atoms with Crippen molar-refractivity contribution in [3.05, 3.63) is 35.9 Å². The van der Waals surface area contributed by atoms with E-state index in [-0.39, 0.29) is 18.4 Å². The average molecular weight is 277 g/mol. The lowest BCUT2D eigenvalue weighted by Crippen LogP contribution is -2.46. The van der Waals surface area contributed by atoms with E-state index in [9.17, 15) is 9.59 Å². The van der Waals surface area contributed by atoms with Crippen LogP contribution >= 0.6 is 0 Å². The molecule has 20 heavy (non-hydrogen) atoms. The zero-order valence-electron chi connectivity index (χ0n) is 12.1. The first-order valence-corrected chi connectivity index (χ1v) is 6.85. The van der Waals surface area contributed by atoms with Gasteiger partial charge in [0.25, 0.3) is 0 Å². The van der Waals surface area contributed by atoms with Crippen LogP contribution in [-0.4, -0.2) is 42.9 Å². The Kier molecular flexibility index (Phi) is 6.73. The fraction of sp³-hybridized carbons (Fsp3) is 0.467. The van der Waals surface area contributed by atoms with Crippen molar-refractivity contribution in [1.29, 1.82) is 0 Å². The number of benzene rings is 1. The molecule has 5 heteroatoms. The number of carbonyl (C=O) groups excluding carboxylic acids is 2. The first-order chi connectivity index (χ1) is 9.54. The molecular formula is C15H23N3O2. The Morgan fingerprint density at radius 3 is 2.55 bits per heavy atom. The summed E-state index contributed by atoms with van der Waals surface area (Å²) in [6.07, 6.45) is 1.34. The van der Waals surface area contributed by atoms with E-state index in [1.54, 1.807) is 7.05 Å². The second-order valence-electron chi connectivity index (χ2n) is 4.84. The lowest BCUT2D eigenvalue weighted by molar-refractivity contribution is -0.135. The maximum Gasteiger partial charge on any atom is 0.240 e. The minimum absolute atomic E-state index is 0.0430. The third kappa shape index (κ3) is 5.40. The number of nitrogens with zero attached hydrogens (tertiary/aromatic N) is 1. The van der Waals surface area contributed by atoms with Gasteiger partial charge in [-0.3, -0.25) is 9.59 Å². The van der Waals surface area contributed by atoms with Gasteiger partial charge in [0.15, 0.2) is 0 Å². The Balaban J connectivity index is 2.45. The molecule has 0 spiro atoms. The standard InChI is InChI=1S/C15H23N3O2/c1-3-9-17-14(19)11-18(2)15(20)13(16)10-12-7-5-4-6-8-12/h4-8,13H,3,9-11,16H2,1-2H3,(H,17,19)/t13-/m0/s1. The molecule has 0 unspecified atom stereocenters. The van der Waals surface area contributed by atoms with Gasteiger partial charge >= 0.3 is 0 Å². The van der Waals surface area contributed by atoms with Crippen LogP contribution in [0.1, 0.15) is 18.9 Å². The second kappa shape index (κ2) is 8.32. The van der Waals surface area contributed by atoms with Gasteiger partial charge in [0, 0.05) is 13.6 Å². The molecule has 1 aromatic rings. The molecule has 0 bridgehead atoms. The predicted molar refractivity (Wildman–Crippen MR) is 79.1 cm³/mol. The van der Waals surface area contributed by atoms with Crippen LogP contribution in [0.15, 0.2) is 30.3 Å². The second-order valence-corrected chi connectivity index (χ2v) is 4.84. The molecule has 0 fully saturated rings. The molecule has 2 amide bonds. The van der Waals surface area contributed by atoms with Crippen molar-refractivity contribution in [3.63, 3.8) is 0 Å². The first-order valence-electron chi connectivity index (χ1n) is 6.85. The van der Waals surface area contributed by atoms with E-state index in [4.69, 9.17) is 5.73 Å². The third-order valence-corrected chi connectivity index (χ3v) is 2.94. The highest BCUT2D eigenvalue weighted by Gasteiger charge is 2.20. The number of rotatable bonds is 7. The van der Waals surface area contributed by atoms with Gasteiger partial charge in [-0.05, 0) is 18.4 Å². The summed E-state index contributed by atoms with van der Waals surface area (Å²) < 4.78 is 0. The van der Waals surface area contributed by atoms with E-state index in [1.807, 2.05) is 37.3 Å². The Morgan fingerprint density at radius 2 is 1.95 bits per heavy atom. The molecule has 0 saturated heterocycles. The molecule has 1 atom stereocenters. The van der Waals surface area contributed by atoms with Crippen molar-refractivity contribution in [2.45, 2.75) is 25.8 Å². The monoisotopic (exact) mass is 277 g/mol. The summed E-state index contributed by atoms with van der Waals surface area (Å²) in [5.41, 5.74) is 6.91. The van der Waals surface area contributed by atoms with E-state index in [0.717, 1.165) is 12.0 Å². The van der Waals surface area contributed by atoms with Crippen LogP contribution in [0.2, 0.25) is 0 Å². The highest BCUT2D eigenvalue weighted by Crippen LogP contribution is 2.03. The summed E-state index contributed by atoms with van der Waals surface area (Å²) >= 11 is 0. The molecule has 0 aliphatic rings. The number of nitrogens with one attached hydrogen (secondary N) is 1. The number of nitrogens with two attached hydrogens (primary N) is 1. The maximum atomic E-state index is 12.1. The molecular weight excluding hydrogens is 254 g/mol. The highest BCUT2D eigenvalue weighted by atomic mass is 16.2. The smallest absolute Gasteiger partial charge is 0.240 e. The summed E-state index contributed by atoms with van der Waals surface area (Å²) in [6.45, 7) is 2.64. The summed E-state index contributed by atoms with van der Waals surface area (Å²) in [5, 5.41) is 2.73. The summed E-state index contributed by atoms with van der Waals surface area (Å²) in [4.78, 5) is 25.0. The van der Waals surface area contributed by atoms with Gasteiger partial charge < -0.3 is 16.0 Å². The normalized spacial score (nSPS) is 11.8. The lowest BCUT2D eigenvalue weighted by atomic mass is 10.1. The van der Waals surface area contributed by atoms with Crippen molar-refractivity contribution in [3.8, 4) is 0 Å². The van der Waals surface area contributed by atoms with Crippen LogP contribution in [-0.2, 0) is 16.0 Å². The molecule has 0 aromatic heterocycles. The van der Waals surface area contributed by atoms with Crippen molar-refractivity contribution < 1.29 is 9.59 Å². The van der Waals surface area contributed by atoms with E-state index in [1.165, 1.54) is 4.90 Å². The van der Waals surface area contributed by atoms with E-state index in [0.29, 0.717) is 13.0 Å². The van der Waals surface area contributed by atoms with Crippen LogP contribution in [0.3, 0.4) is 0 Å². The van der Waals surface area contributed by atoms with Gasteiger partial charge in [0.2, 0.25) is 11.8 Å². The Morgan fingerprint density at radius 1 is 1.30 bits per heavy atom. The van der Waals surface area contributed by atoms with Gasteiger partial charge in [-0.15, -0.1) is 0 Å². The number of hydrogen-bond donors (Lipinski definition) is 2. The van der Waals surface area contributed by atoms with Crippen LogP contribution in [0.4, 0.5) is 0 Å². The zero-order chi connectivity index (χ0) is 15.0. The van der Waals surface area contributed by atoms with Gasteiger partial charge in [0.1, 0.15) is 0 Å². The molecule has 0 heterocycles. The Bertz CT molecular complexity index is 434. The minimum Gasteiger partial charge on any atom is -0.355 e. The molecule has 0 aliphatic heterocycles. The molecule has 110 valence electrons. The molecule has 3 N–H and O–H groups in total. The quantitative estimate of drug-likeness (QED) is 0.764. The summed E-state index contributed by atoms with van der Waals surface area (Å²) in [7, 11) is 1.60. The lowest BCUT2D eigenvalue weighted by Gasteiger charge is -2.21. The van der Waals surface area contributed by atoms with Crippen molar-refractivity contribution in [2.24, 2.45) is 5.73 Å². The summed E-state index contributed by atoms with van der Waals surface area (Å²) in [5.74, 6) is -0.380. The topological polar surface area (TPSA) is 75.4 Å². The van der Waals surface area contributed by atoms with Crippen LogP contribution in [0, 0.1) is 0 Å².